The maximum Gasteiger partial charge on any atom is 0.206 e. The summed E-state index contributed by atoms with van der Waals surface area (Å²) in [7, 11) is -3.54. The van der Waals surface area contributed by atoms with Gasteiger partial charge in [-0.15, -0.1) is 0 Å². The molecule has 5 heteroatoms. The molecule has 0 amide bonds. The van der Waals surface area contributed by atoms with Gasteiger partial charge in [-0.25, -0.2) is 8.42 Å². The topological polar surface area (TPSA) is 86.2 Å². The van der Waals surface area contributed by atoms with Gasteiger partial charge in [-0.2, -0.15) is 0 Å². The summed E-state index contributed by atoms with van der Waals surface area (Å²) in [5.41, 5.74) is 15.3. The first-order valence-electron chi connectivity index (χ1n) is 8.37. The highest BCUT2D eigenvalue weighted by Crippen LogP contribution is 2.27. The van der Waals surface area contributed by atoms with Crippen LogP contribution in [-0.4, -0.2) is 8.42 Å². The molecule has 3 aromatic carbocycles. The number of hydrogen-bond donors (Lipinski definition) is 2. The fourth-order valence-electron chi connectivity index (χ4n) is 2.81. The van der Waals surface area contributed by atoms with E-state index in [4.69, 9.17) is 11.5 Å². The van der Waals surface area contributed by atoms with Gasteiger partial charge in [0.05, 0.1) is 9.79 Å². The smallest absolute Gasteiger partial charge is 0.206 e. The van der Waals surface area contributed by atoms with E-state index in [0.717, 1.165) is 16.7 Å². The number of nitrogens with two attached hydrogens (primary N) is 2. The molecule has 26 heavy (non-hydrogen) atoms. The molecule has 0 aliphatic heterocycles. The van der Waals surface area contributed by atoms with E-state index in [1.54, 1.807) is 48.5 Å². The largest absolute Gasteiger partial charge is 0.322 e. The Balaban J connectivity index is 1.85. The highest BCUT2D eigenvalue weighted by molar-refractivity contribution is 7.91. The van der Waals surface area contributed by atoms with Gasteiger partial charge in [-0.05, 0) is 42.3 Å². The van der Waals surface area contributed by atoms with Crippen molar-refractivity contribution >= 4 is 9.84 Å². The van der Waals surface area contributed by atoms with Crippen molar-refractivity contribution in [1.82, 2.24) is 0 Å². The zero-order valence-corrected chi connectivity index (χ0v) is 15.4. The summed E-state index contributed by atoms with van der Waals surface area (Å²) < 4.78 is 25.5. The molecule has 0 heterocycles. The van der Waals surface area contributed by atoms with Crippen molar-refractivity contribution < 1.29 is 8.42 Å². The minimum absolute atomic E-state index is 0.241. The second-order valence-corrected chi connectivity index (χ2v) is 8.30. The Kier molecular flexibility index (Phi) is 5.23. The molecule has 2 unspecified atom stereocenters. The van der Waals surface area contributed by atoms with Crippen molar-refractivity contribution in [2.24, 2.45) is 11.5 Å². The van der Waals surface area contributed by atoms with Crippen molar-refractivity contribution in [1.29, 1.82) is 0 Å². The Hall–Kier alpha value is -2.47. The van der Waals surface area contributed by atoms with Gasteiger partial charge in [0.25, 0.3) is 0 Å². The summed E-state index contributed by atoms with van der Waals surface area (Å²) in [6.45, 7) is 1.92. The molecule has 3 rings (SSSR count). The molecule has 3 aromatic rings. The van der Waals surface area contributed by atoms with E-state index in [-0.39, 0.29) is 15.8 Å². The number of rotatable bonds is 5. The Morgan fingerprint density at radius 1 is 0.654 bits per heavy atom. The monoisotopic (exact) mass is 366 g/mol. The van der Waals surface area contributed by atoms with Crippen LogP contribution in [0.25, 0.3) is 0 Å². The summed E-state index contributed by atoms with van der Waals surface area (Å²) in [6.07, 6.45) is 0. The van der Waals surface area contributed by atoms with Crippen LogP contribution >= 0.6 is 0 Å². The maximum absolute atomic E-state index is 12.7. The van der Waals surface area contributed by atoms with Crippen LogP contribution in [0.15, 0.2) is 88.7 Å². The third kappa shape index (κ3) is 3.70. The lowest BCUT2D eigenvalue weighted by molar-refractivity contribution is 0.573. The average molecular weight is 366 g/mol. The van der Waals surface area contributed by atoms with E-state index < -0.39 is 15.9 Å². The number of benzene rings is 3. The first-order chi connectivity index (χ1) is 12.4. The van der Waals surface area contributed by atoms with E-state index >= 15 is 0 Å². The van der Waals surface area contributed by atoms with Crippen molar-refractivity contribution in [3.8, 4) is 0 Å². The standard InChI is InChI=1S/C21H22N2O2S/c1-15-7-11-18(12-8-15)26(24,25)19-13-9-17(10-14-19)21(23)20(22)16-5-3-2-4-6-16/h2-14,20-21H,22-23H2,1H3. The summed E-state index contributed by atoms with van der Waals surface area (Å²) in [5.74, 6) is 0. The molecular weight excluding hydrogens is 344 g/mol. The van der Waals surface area contributed by atoms with E-state index in [9.17, 15) is 8.42 Å². The van der Waals surface area contributed by atoms with Gasteiger partial charge >= 0.3 is 0 Å². The van der Waals surface area contributed by atoms with Gasteiger partial charge in [0.15, 0.2) is 0 Å². The van der Waals surface area contributed by atoms with Crippen LogP contribution in [0.2, 0.25) is 0 Å². The fourth-order valence-corrected chi connectivity index (χ4v) is 4.07. The van der Waals surface area contributed by atoms with Gasteiger partial charge in [0, 0.05) is 12.1 Å². The highest BCUT2D eigenvalue weighted by atomic mass is 32.2. The van der Waals surface area contributed by atoms with E-state index in [1.165, 1.54) is 0 Å². The van der Waals surface area contributed by atoms with Crippen molar-refractivity contribution in [3.63, 3.8) is 0 Å². The van der Waals surface area contributed by atoms with Crippen LogP contribution < -0.4 is 11.5 Å². The molecule has 134 valence electrons. The lowest BCUT2D eigenvalue weighted by atomic mass is 9.95. The van der Waals surface area contributed by atoms with Crippen LogP contribution in [0.1, 0.15) is 28.8 Å². The predicted octanol–water partition coefficient (Wildman–Crippen LogP) is 3.53. The molecule has 0 aliphatic carbocycles. The van der Waals surface area contributed by atoms with Crippen LogP contribution in [0.5, 0.6) is 0 Å². The molecule has 0 aromatic heterocycles. The minimum atomic E-state index is -3.54. The molecule has 0 fully saturated rings. The van der Waals surface area contributed by atoms with Gasteiger partial charge in [0.1, 0.15) is 0 Å². The molecule has 0 bridgehead atoms. The van der Waals surface area contributed by atoms with Gasteiger partial charge in [-0.1, -0.05) is 60.2 Å². The minimum Gasteiger partial charge on any atom is -0.322 e. The summed E-state index contributed by atoms with van der Waals surface area (Å²) in [6, 6.07) is 22.3. The first-order valence-corrected chi connectivity index (χ1v) is 9.86. The Bertz CT molecular complexity index is 967. The molecule has 0 spiro atoms. The molecular formula is C21H22N2O2S. The number of sulfone groups is 1. The normalized spacial score (nSPS) is 14.0. The Morgan fingerprint density at radius 3 is 1.58 bits per heavy atom. The summed E-state index contributed by atoms with van der Waals surface area (Å²) in [4.78, 5) is 0.520. The number of hydrogen-bond acceptors (Lipinski definition) is 4. The quantitative estimate of drug-likeness (QED) is 0.723. The van der Waals surface area contributed by atoms with Crippen LogP contribution in [-0.2, 0) is 9.84 Å². The zero-order valence-electron chi connectivity index (χ0n) is 14.5. The van der Waals surface area contributed by atoms with Gasteiger partial charge in [-0.3, -0.25) is 0 Å². The molecule has 0 aliphatic rings. The average Bonchev–Trinajstić information content (AvgIpc) is 2.68. The van der Waals surface area contributed by atoms with Crippen molar-refractivity contribution in [2.75, 3.05) is 0 Å². The molecule has 4 N–H and O–H groups in total. The predicted molar refractivity (Wildman–Crippen MR) is 103 cm³/mol. The van der Waals surface area contributed by atoms with Crippen molar-refractivity contribution in [2.45, 2.75) is 28.8 Å². The van der Waals surface area contributed by atoms with E-state index in [0.29, 0.717) is 0 Å². The van der Waals surface area contributed by atoms with Crippen LogP contribution in [0.3, 0.4) is 0 Å². The first kappa shape index (κ1) is 18.3. The lowest BCUT2D eigenvalue weighted by Crippen LogP contribution is -2.26. The van der Waals surface area contributed by atoms with Gasteiger partial charge in [0.2, 0.25) is 9.84 Å². The Labute approximate surface area is 154 Å². The molecule has 0 saturated carbocycles. The molecule has 4 nitrogen and oxygen atoms in total. The zero-order chi connectivity index (χ0) is 18.7. The second-order valence-electron chi connectivity index (χ2n) is 6.35. The maximum atomic E-state index is 12.7. The molecule has 0 saturated heterocycles. The molecule has 0 radical (unpaired) electrons. The number of aryl methyl sites for hydroxylation is 1. The van der Waals surface area contributed by atoms with E-state index in [1.807, 2.05) is 37.3 Å². The fraction of sp³-hybridized carbons (Fsp3) is 0.143. The van der Waals surface area contributed by atoms with Crippen molar-refractivity contribution in [3.05, 3.63) is 95.6 Å². The van der Waals surface area contributed by atoms with E-state index in [2.05, 4.69) is 0 Å². The van der Waals surface area contributed by atoms with Crippen LogP contribution in [0, 0.1) is 6.92 Å². The van der Waals surface area contributed by atoms with Gasteiger partial charge < -0.3 is 11.5 Å². The summed E-state index contributed by atoms with van der Waals surface area (Å²) in [5, 5.41) is 0. The third-order valence-electron chi connectivity index (χ3n) is 4.48. The molecule has 2 atom stereocenters. The summed E-state index contributed by atoms with van der Waals surface area (Å²) >= 11 is 0. The Morgan fingerprint density at radius 2 is 1.08 bits per heavy atom. The third-order valence-corrected chi connectivity index (χ3v) is 6.26. The van der Waals surface area contributed by atoms with Crippen LogP contribution in [0.4, 0.5) is 0 Å². The SMILES string of the molecule is Cc1ccc(S(=O)(=O)c2ccc(C(N)C(N)c3ccccc3)cc2)cc1. The highest BCUT2D eigenvalue weighted by Gasteiger charge is 2.20. The second kappa shape index (κ2) is 7.41. The lowest BCUT2D eigenvalue weighted by Gasteiger charge is -2.21.